The van der Waals surface area contributed by atoms with E-state index < -0.39 is 0 Å². The molecule has 1 fully saturated rings. The summed E-state index contributed by atoms with van der Waals surface area (Å²) >= 11 is 0. The Kier molecular flexibility index (Phi) is 3.02. The van der Waals surface area contributed by atoms with Crippen LogP contribution in [0.5, 0.6) is 0 Å². The highest BCUT2D eigenvalue weighted by molar-refractivity contribution is 5.94. The van der Waals surface area contributed by atoms with Crippen LogP contribution < -0.4 is 11.1 Å². The second-order valence-electron chi connectivity index (χ2n) is 4.08. The molecule has 0 bridgehead atoms. The van der Waals surface area contributed by atoms with Gasteiger partial charge >= 0.3 is 0 Å². The molecule has 1 aliphatic heterocycles. The minimum Gasteiger partial charge on any atom is -0.366 e. The zero-order valence-electron chi connectivity index (χ0n) is 8.70. The van der Waals surface area contributed by atoms with Crippen LogP contribution in [0.25, 0.3) is 0 Å². The molecule has 15 heavy (non-hydrogen) atoms. The Labute approximate surface area is 89.7 Å². The first-order chi connectivity index (χ1) is 7.27. The van der Waals surface area contributed by atoms with E-state index in [-0.39, 0.29) is 5.91 Å². The van der Waals surface area contributed by atoms with Crippen LogP contribution in [0.15, 0.2) is 24.3 Å². The molecular weight excluding hydrogens is 188 g/mol. The van der Waals surface area contributed by atoms with Gasteiger partial charge in [-0.05, 0) is 43.5 Å². The van der Waals surface area contributed by atoms with Crippen molar-refractivity contribution in [1.82, 2.24) is 5.32 Å². The summed E-state index contributed by atoms with van der Waals surface area (Å²) in [5.41, 5.74) is 7.09. The molecule has 3 nitrogen and oxygen atoms in total. The Hall–Kier alpha value is -1.35. The third kappa shape index (κ3) is 2.36. The third-order valence-electron chi connectivity index (χ3n) is 2.95. The van der Waals surface area contributed by atoms with Crippen molar-refractivity contribution in [1.29, 1.82) is 0 Å². The second kappa shape index (κ2) is 4.45. The molecule has 1 unspecified atom stereocenters. The lowest BCUT2D eigenvalue weighted by Crippen LogP contribution is -2.16. The maximum atomic E-state index is 11.2. The van der Waals surface area contributed by atoms with Gasteiger partial charge in [0.05, 0.1) is 0 Å². The van der Waals surface area contributed by atoms with Crippen LogP contribution in [0.1, 0.15) is 22.3 Å². The molecule has 3 N–H and O–H groups in total. The van der Waals surface area contributed by atoms with Gasteiger partial charge in [0.2, 0.25) is 5.91 Å². The number of hydrogen-bond donors (Lipinski definition) is 2. The van der Waals surface area contributed by atoms with E-state index in [0.717, 1.165) is 25.1 Å². The Balaban J connectivity index is 2.15. The highest BCUT2D eigenvalue weighted by Gasteiger charge is 2.17. The SMILES string of the molecule is NC(=O)c1ccccc1CC1CCNC1. The smallest absolute Gasteiger partial charge is 0.248 e. The Morgan fingerprint density at radius 2 is 2.27 bits per heavy atom. The van der Waals surface area contributed by atoms with E-state index in [1.54, 1.807) is 6.07 Å². The van der Waals surface area contributed by atoms with Gasteiger partial charge in [-0.15, -0.1) is 0 Å². The molecular formula is C12H16N2O. The highest BCUT2D eigenvalue weighted by atomic mass is 16.1. The molecule has 1 heterocycles. The van der Waals surface area contributed by atoms with Gasteiger partial charge in [-0.2, -0.15) is 0 Å². The summed E-state index contributed by atoms with van der Waals surface area (Å²) in [6.45, 7) is 2.14. The van der Waals surface area contributed by atoms with Gasteiger partial charge in [0.25, 0.3) is 0 Å². The average Bonchev–Trinajstić information content (AvgIpc) is 2.71. The number of rotatable bonds is 3. The van der Waals surface area contributed by atoms with Gasteiger partial charge < -0.3 is 11.1 Å². The maximum absolute atomic E-state index is 11.2. The molecule has 0 spiro atoms. The van der Waals surface area contributed by atoms with E-state index in [9.17, 15) is 4.79 Å². The van der Waals surface area contributed by atoms with E-state index in [4.69, 9.17) is 5.73 Å². The van der Waals surface area contributed by atoms with Gasteiger partial charge in [-0.25, -0.2) is 0 Å². The molecule has 0 radical (unpaired) electrons. The number of hydrogen-bond acceptors (Lipinski definition) is 2. The molecule has 1 amide bonds. The van der Waals surface area contributed by atoms with E-state index in [2.05, 4.69) is 5.32 Å². The Morgan fingerprint density at radius 3 is 2.93 bits per heavy atom. The molecule has 0 aromatic heterocycles. The summed E-state index contributed by atoms with van der Waals surface area (Å²) in [4.78, 5) is 11.2. The molecule has 3 heteroatoms. The highest BCUT2D eigenvalue weighted by Crippen LogP contribution is 2.17. The van der Waals surface area contributed by atoms with Crippen LogP contribution in [0, 0.1) is 5.92 Å². The molecule has 1 aliphatic rings. The molecule has 2 rings (SSSR count). The molecule has 80 valence electrons. The van der Waals surface area contributed by atoms with Crippen molar-refractivity contribution in [2.45, 2.75) is 12.8 Å². The molecule has 1 atom stereocenters. The molecule has 1 aromatic rings. The van der Waals surface area contributed by atoms with Crippen LogP contribution in [0.4, 0.5) is 0 Å². The van der Waals surface area contributed by atoms with Crippen molar-refractivity contribution < 1.29 is 4.79 Å². The molecule has 1 saturated heterocycles. The monoisotopic (exact) mass is 204 g/mol. The van der Waals surface area contributed by atoms with Crippen LogP contribution in [-0.4, -0.2) is 19.0 Å². The quantitative estimate of drug-likeness (QED) is 0.769. The normalized spacial score (nSPS) is 20.4. The zero-order valence-corrected chi connectivity index (χ0v) is 8.70. The average molecular weight is 204 g/mol. The van der Waals surface area contributed by atoms with Crippen LogP contribution in [-0.2, 0) is 6.42 Å². The van der Waals surface area contributed by atoms with Gasteiger partial charge in [0.1, 0.15) is 0 Å². The minimum absolute atomic E-state index is 0.323. The van der Waals surface area contributed by atoms with Crippen molar-refractivity contribution in [2.75, 3.05) is 13.1 Å². The first-order valence-corrected chi connectivity index (χ1v) is 5.36. The summed E-state index contributed by atoms with van der Waals surface area (Å²) in [6.07, 6.45) is 2.14. The number of carbonyl (C=O) groups is 1. The summed E-state index contributed by atoms with van der Waals surface area (Å²) in [5.74, 6) is 0.321. The van der Waals surface area contributed by atoms with Gasteiger partial charge in [0.15, 0.2) is 0 Å². The van der Waals surface area contributed by atoms with Gasteiger partial charge in [-0.1, -0.05) is 18.2 Å². The van der Waals surface area contributed by atoms with E-state index in [1.807, 2.05) is 18.2 Å². The number of nitrogens with one attached hydrogen (secondary N) is 1. The number of carbonyl (C=O) groups excluding carboxylic acids is 1. The fourth-order valence-corrected chi connectivity index (χ4v) is 2.14. The van der Waals surface area contributed by atoms with Crippen molar-refractivity contribution in [3.63, 3.8) is 0 Å². The number of nitrogens with two attached hydrogens (primary N) is 1. The van der Waals surface area contributed by atoms with Crippen molar-refractivity contribution in [3.05, 3.63) is 35.4 Å². The van der Waals surface area contributed by atoms with E-state index in [0.29, 0.717) is 11.5 Å². The molecule has 1 aromatic carbocycles. The molecule has 0 saturated carbocycles. The van der Waals surface area contributed by atoms with Crippen LogP contribution in [0.2, 0.25) is 0 Å². The van der Waals surface area contributed by atoms with Crippen LogP contribution >= 0.6 is 0 Å². The first-order valence-electron chi connectivity index (χ1n) is 5.36. The summed E-state index contributed by atoms with van der Waals surface area (Å²) in [5, 5.41) is 3.33. The topological polar surface area (TPSA) is 55.1 Å². The predicted molar refractivity (Wildman–Crippen MR) is 59.6 cm³/mol. The summed E-state index contributed by atoms with van der Waals surface area (Å²) in [7, 11) is 0. The lowest BCUT2D eigenvalue weighted by Gasteiger charge is -2.10. The fourth-order valence-electron chi connectivity index (χ4n) is 2.14. The van der Waals surface area contributed by atoms with Crippen molar-refractivity contribution in [2.24, 2.45) is 11.7 Å². The second-order valence-corrected chi connectivity index (χ2v) is 4.08. The van der Waals surface area contributed by atoms with Crippen molar-refractivity contribution >= 4 is 5.91 Å². The lowest BCUT2D eigenvalue weighted by atomic mass is 9.95. The standard InChI is InChI=1S/C12H16N2O/c13-12(15)11-4-2-1-3-10(11)7-9-5-6-14-8-9/h1-4,9,14H,5-8H2,(H2,13,15). The van der Waals surface area contributed by atoms with Crippen LogP contribution in [0.3, 0.4) is 0 Å². The largest absolute Gasteiger partial charge is 0.366 e. The number of primary amides is 1. The molecule has 0 aliphatic carbocycles. The summed E-state index contributed by atoms with van der Waals surface area (Å²) in [6, 6.07) is 7.62. The third-order valence-corrected chi connectivity index (χ3v) is 2.95. The maximum Gasteiger partial charge on any atom is 0.248 e. The predicted octanol–water partition coefficient (Wildman–Crippen LogP) is 0.937. The van der Waals surface area contributed by atoms with Gasteiger partial charge in [-0.3, -0.25) is 4.79 Å². The van der Waals surface area contributed by atoms with E-state index >= 15 is 0 Å². The van der Waals surface area contributed by atoms with Gasteiger partial charge in [0, 0.05) is 5.56 Å². The lowest BCUT2D eigenvalue weighted by molar-refractivity contribution is 0.0999. The summed E-state index contributed by atoms with van der Waals surface area (Å²) < 4.78 is 0. The minimum atomic E-state index is -0.323. The van der Waals surface area contributed by atoms with E-state index in [1.165, 1.54) is 6.42 Å². The fraction of sp³-hybridized carbons (Fsp3) is 0.417. The Bertz CT molecular complexity index is 356. The number of benzene rings is 1. The Morgan fingerprint density at radius 1 is 1.47 bits per heavy atom. The first kappa shape index (κ1) is 10.2. The zero-order chi connectivity index (χ0) is 10.7. The van der Waals surface area contributed by atoms with Crippen molar-refractivity contribution in [3.8, 4) is 0 Å². The number of amides is 1.